The maximum atomic E-state index is 4.50. The predicted octanol–water partition coefficient (Wildman–Crippen LogP) is 3.74. The molecule has 0 spiro atoms. The van der Waals surface area contributed by atoms with Crippen LogP contribution in [0.2, 0.25) is 0 Å². The summed E-state index contributed by atoms with van der Waals surface area (Å²) >= 11 is 0. The summed E-state index contributed by atoms with van der Waals surface area (Å²) in [7, 11) is 0. The van der Waals surface area contributed by atoms with Gasteiger partial charge >= 0.3 is 0 Å². The molecule has 2 heterocycles. The molecule has 0 saturated carbocycles. The highest BCUT2D eigenvalue weighted by molar-refractivity contribution is 5.83. The molecule has 0 amide bonds. The van der Waals surface area contributed by atoms with Crippen molar-refractivity contribution in [1.82, 2.24) is 9.97 Å². The smallest absolute Gasteiger partial charge is 0.132 e. The van der Waals surface area contributed by atoms with Gasteiger partial charge in [-0.1, -0.05) is 6.07 Å². The summed E-state index contributed by atoms with van der Waals surface area (Å²) in [5.74, 6) is 1.73. The molecule has 4 heteroatoms. The van der Waals surface area contributed by atoms with Gasteiger partial charge in [0.2, 0.25) is 0 Å². The molecule has 3 rings (SSSR count). The second-order valence-corrected chi connectivity index (χ2v) is 4.34. The molecule has 0 atom stereocenters. The first-order valence-electron chi connectivity index (χ1n) is 6.40. The van der Waals surface area contributed by atoms with E-state index in [2.05, 4.69) is 45.7 Å². The van der Waals surface area contributed by atoms with Crippen molar-refractivity contribution < 1.29 is 0 Å². The average molecular weight is 252 g/mol. The van der Waals surface area contributed by atoms with Gasteiger partial charge in [0.25, 0.3) is 0 Å². The molecular formula is C15H16N4. The number of anilines is 3. The third-order valence-electron chi connectivity index (χ3n) is 2.93. The summed E-state index contributed by atoms with van der Waals surface area (Å²) in [4.78, 5) is 7.68. The van der Waals surface area contributed by atoms with Gasteiger partial charge in [0.05, 0.1) is 0 Å². The van der Waals surface area contributed by atoms with Crippen molar-refractivity contribution in [3.63, 3.8) is 0 Å². The number of hydrogen-bond acceptors (Lipinski definition) is 3. The number of aromatic amines is 1. The van der Waals surface area contributed by atoms with Crippen LogP contribution in [0.4, 0.5) is 17.3 Å². The highest BCUT2D eigenvalue weighted by Crippen LogP contribution is 2.21. The Bertz CT molecular complexity index is 687. The van der Waals surface area contributed by atoms with Crippen LogP contribution < -0.4 is 10.6 Å². The average Bonchev–Trinajstić information content (AvgIpc) is 2.87. The van der Waals surface area contributed by atoms with Crippen molar-refractivity contribution in [3.8, 4) is 0 Å². The van der Waals surface area contributed by atoms with Crippen molar-refractivity contribution in [3.05, 3.63) is 48.7 Å². The number of nitrogens with zero attached hydrogens (tertiary/aromatic N) is 1. The molecule has 0 unspecified atom stereocenters. The number of aromatic nitrogens is 2. The van der Waals surface area contributed by atoms with Gasteiger partial charge in [0.1, 0.15) is 11.6 Å². The second kappa shape index (κ2) is 5.02. The van der Waals surface area contributed by atoms with E-state index < -0.39 is 0 Å². The summed E-state index contributed by atoms with van der Waals surface area (Å²) in [5.41, 5.74) is 2.17. The van der Waals surface area contributed by atoms with Crippen LogP contribution in [0.3, 0.4) is 0 Å². The highest BCUT2D eigenvalue weighted by Gasteiger charge is 2.00. The fraction of sp³-hybridized carbons (Fsp3) is 0.133. The van der Waals surface area contributed by atoms with Crippen LogP contribution in [0, 0.1) is 0 Å². The van der Waals surface area contributed by atoms with Gasteiger partial charge in [-0.25, -0.2) is 4.98 Å². The van der Waals surface area contributed by atoms with E-state index >= 15 is 0 Å². The fourth-order valence-electron chi connectivity index (χ4n) is 2.06. The van der Waals surface area contributed by atoms with Crippen molar-refractivity contribution in [2.45, 2.75) is 6.92 Å². The monoisotopic (exact) mass is 252 g/mol. The number of fused-ring (bicyclic) bond motifs is 1. The third-order valence-corrected chi connectivity index (χ3v) is 2.93. The molecule has 0 radical (unpaired) electrons. The maximum Gasteiger partial charge on any atom is 0.132 e. The first-order valence-corrected chi connectivity index (χ1v) is 6.40. The van der Waals surface area contributed by atoms with Crippen LogP contribution in [0.5, 0.6) is 0 Å². The molecule has 0 aliphatic heterocycles. The van der Waals surface area contributed by atoms with Crippen LogP contribution in [-0.4, -0.2) is 16.5 Å². The first-order chi connectivity index (χ1) is 9.35. The summed E-state index contributed by atoms with van der Waals surface area (Å²) in [6, 6.07) is 14.2. The maximum absolute atomic E-state index is 4.50. The second-order valence-electron chi connectivity index (χ2n) is 4.34. The minimum Gasteiger partial charge on any atom is -0.370 e. The summed E-state index contributed by atoms with van der Waals surface area (Å²) in [6.07, 6.45) is 1.94. The van der Waals surface area contributed by atoms with Crippen LogP contribution >= 0.6 is 0 Å². The van der Waals surface area contributed by atoms with E-state index in [1.165, 1.54) is 5.39 Å². The van der Waals surface area contributed by atoms with Crippen molar-refractivity contribution in [1.29, 1.82) is 0 Å². The predicted molar refractivity (Wildman–Crippen MR) is 80.0 cm³/mol. The Kier molecular flexibility index (Phi) is 3.06. The molecule has 4 nitrogen and oxygen atoms in total. The molecular weight excluding hydrogens is 236 g/mol. The number of nitrogens with one attached hydrogen (secondary N) is 3. The van der Waals surface area contributed by atoms with E-state index in [0.29, 0.717) is 0 Å². The van der Waals surface area contributed by atoms with E-state index in [9.17, 15) is 0 Å². The van der Waals surface area contributed by atoms with E-state index in [-0.39, 0.29) is 0 Å². The molecule has 96 valence electrons. The van der Waals surface area contributed by atoms with E-state index in [4.69, 9.17) is 0 Å². The topological polar surface area (TPSA) is 52.7 Å². The molecule has 3 aromatic rings. The molecule has 0 saturated heterocycles. The van der Waals surface area contributed by atoms with Gasteiger partial charge in [-0.15, -0.1) is 0 Å². The van der Waals surface area contributed by atoms with Crippen LogP contribution in [0.25, 0.3) is 10.9 Å². The highest BCUT2D eigenvalue weighted by atomic mass is 15.1. The third kappa shape index (κ3) is 2.52. The lowest BCUT2D eigenvalue weighted by Gasteiger charge is -2.08. The standard InChI is InChI=1S/C15H16N4/c1-2-16-14-4-3-5-15(19-14)18-12-6-7-13-11(10-12)8-9-17-13/h3-10,17H,2H2,1H3,(H2,16,18,19). The zero-order chi connectivity index (χ0) is 13.1. The summed E-state index contributed by atoms with van der Waals surface area (Å²) in [6.45, 7) is 2.92. The number of rotatable bonds is 4. The van der Waals surface area contributed by atoms with Crippen molar-refractivity contribution in [2.24, 2.45) is 0 Å². The van der Waals surface area contributed by atoms with Crippen LogP contribution in [0.15, 0.2) is 48.7 Å². The Balaban J connectivity index is 1.85. The zero-order valence-corrected chi connectivity index (χ0v) is 10.8. The molecule has 3 N–H and O–H groups in total. The molecule has 1 aromatic carbocycles. The van der Waals surface area contributed by atoms with Crippen molar-refractivity contribution >= 4 is 28.2 Å². The Hall–Kier alpha value is -2.49. The number of benzene rings is 1. The van der Waals surface area contributed by atoms with Gasteiger partial charge in [0.15, 0.2) is 0 Å². The quantitative estimate of drug-likeness (QED) is 0.663. The van der Waals surface area contributed by atoms with E-state index in [0.717, 1.165) is 29.4 Å². The Labute approximate surface area is 111 Å². The lowest BCUT2D eigenvalue weighted by atomic mass is 10.2. The Morgan fingerprint density at radius 2 is 2.00 bits per heavy atom. The lowest BCUT2D eigenvalue weighted by molar-refractivity contribution is 1.16. The molecule has 2 aromatic heterocycles. The number of hydrogen-bond donors (Lipinski definition) is 3. The summed E-state index contributed by atoms with van der Waals surface area (Å²) < 4.78 is 0. The molecule has 0 aliphatic carbocycles. The van der Waals surface area contributed by atoms with Crippen LogP contribution in [0.1, 0.15) is 6.92 Å². The molecule has 0 fully saturated rings. The lowest BCUT2D eigenvalue weighted by Crippen LogP contribution is -2.01. The van der Waals surface area contributed by atoms with Gasteiger partial charge in [-0.05, 0) is 43.3 Å². The van der Waals surface area contributed by atoms with Gasteiger partial charge in [-0.2, -0.15) is 0 Å². The minimum absolute atomic E-state index is 0.841. The van der Waals surface area contributed by atoms with Gasteiger partial charge in [-0.3, -0.25) is 0 Å². The first kappa shape index (κ1) is 11.6. The zero-order valence-electron chi connectivity index (χ0n) is 10.8. The number of pyridine rings is 1. The summed E-state index contributed by atoms with van der Waals surface area (Å²) in [5, 5.41) is 7.71. The van der Waals surface area contributed by atoms with Crippen LogP contribution in [-0.2, 0) is 0 Å². The van der Waals surface area contributed by atoms with E-state index in [1.54, 1.807) is 0 Å². The molecule has 19 heavy (non-hydrogen) atoms. The normalized spacial score (nSPS) is 10.6. The largest absolute Gasteiger partial charge is 0.370 e. The van der Waals surface area contributed by atoms with Gasteiger partial charge < -0.3 is 15.6 Å². The Morgan fingerprint density at radius 3 is 2.89 bits per heavy atom. The molecule has 0 bridgehead atoms. The number of H-pyrrole nitrogens is 1. The molecule has 0 aliphatic rings. The fourth-order valence-corrected chi connectivity index (χ4v) is 2.06. The van der Waals surface area contributed by atoms with Gasteiger partial charge in [0, 0.05) is 29.3 Å². The Morgan fingerprint density at radius 1 is 1.11 bits per heavy atom. The van der Waals surface area contributed by atoms with E-state index in [1.807, 2.05) is 30.5 Å². The SMILES string of the molecule is CCNc1cccc(Nc2ccc3[nH]ccc3c2)n1. The van der Waals surface area contributed by atoms with Crippen molar-refractivity contribution in [2.75, 3.05) is 17.2 Å². The minimum atomic E-state index is 0.841.